The van der Waals surface area contributed by atoms with Gasteiger partial charge in [0.1, 0.15) is 0 Å². The zero-order valence-electron chi connectivity index (χ0n) is 14.5. The van der Waals surface area contributed by atoms with Gasteiger partial charge in [0.05, 0.1) is 41.9 Å². The van der Waals surface area contributed by atoms with Crippen molar-refractivity contribution >= 4 is 28.1 Å². The number of amides is 1. The lowest BCUT2D eigenvalue weighted by molar-refractivity contribution is 0.0302. The highest BCUT2D eigenvalue weighted by molar-refractivity contribution is 7.09. The maximum atomic E-state index is 12.9. The van der Waals surface area contributed by atoms with Crippen LogP contribution >= 0.6 is 11.3 Å². The van der Waals surface area contributed by atoms with Gasteiger partial charge in [-0.3, -0.25) is 14.6 Å². The van der Waals surface area contributed by atoms with Crippen molar-refractivity contribution in [1.29, 1.82) is 0 Å². The zero-order valence-corrected chi connectivity index (χ0v) is 15.3. The van der Waals surface area contributed by atoms with Gasteiger partial charge in [0.2, 0.25) is 0 Å². The van der Waals surface area contributed by atoms with Crippen LogP contribution in [0.2, 0.25) is 0 Å². The fourth-order valence-corrected chi connectivity index (χ4v) is 3.86. The quantitative estimate of drug-likeness (QED) is 0.711. The molecule has 1 amide bonds. The summed E-state index contributed by atoms with van der Waals surface area (Å²) in [5.74, 6) is -0.0896. The van der Waals surface area contributed by atoms with Gasteiger partial charge in [-0.1, -0.05) is 6.07 Å². The molecule has 1 saturated heterocycles. The van der Waals surface area contributed by atoms with Crippen LogP contribution in [0.25, 0.3) is 10.9 Å². The molecule has 1 aliphatic rings. The first-order valence-corrected chi connectivity index (χ1v) is 9.41. The molecule has 6 nitrogen and oxygen atoms in total. The SMILES string of the molecule is Cc1nc2ccn(Cc3cccs3)c(=O)c2cc1C(=O)N1CCOCC1. The van der Waals surface area contributed by atoms with E-state index in [0.717, 1.165) is 4.88 Å². The van der Waals surface area contributed by atoms with E-state index in [1.54, 1.807) is 33.1 Å². The molecule has 0 aliphatic carbocycles. The number of morpholine rings is 1. The van der Waals surface area contributed by atoms with Crippen LogP contribution in [0.4, 0.5) is 0 Å². The van der Waals surface area contributed by atoms with E-state index in [9.17, 15) is 9.59 Å². The Balaban J connectivity index is 1.75. The van der Waals surface area contributed by atoms with Crippen LogP contribution in [0.1, 0.15) is 20.9 Å². The third-order valence-electron chi connectivity index (χ3n) is 4.58. The highest BCUT2D eigenvalue weighted by Crippen LogP contribution is 2.17. The standard InChI is InChI=1S/C19H19N3O3S/c1-13-15(18(23)21-6-8-25-9-7-21)11-16-17(20-13)4-5-22(19(16)24)12-14-3-2-10-26-14/h2-5,10-11H,6-9,12H2,1H3. The van der Waals surface area contributed by atoms with E-state index in [1.165, 1.54) is 0 Å². The van der Waals surface area contributed by atoms with E-state index in [0.29, 0.717) is 55.0 Å². The number of aromatic nitrogens is 2. The molecule has 0 saturated carbocycles. The molecule has 1 fully saturated rings. The number of hydrogen-bond donors (Lipinski definition) is 0. The third kappa shape index (κ3) is 3.15. The fraction of sp³-hybridized carbons (Fsp3) is 0.316. The van der Waals surface area contributed by atoms with Crippen molar-refractivity contribution < 1.29 is 9.53 Å². The van der Waals surface area contributed by atoms with E-state index in [-0.39, 0.29) is 11.5 Å². The Morgan fingerprint density at radius 3 is 2.85 bits per heavy atom. The Hall–Kier alpha value is -2.51. The second-order valence-corrected chi connectivity index (χ2v) is 7.32. The summed E-state index contributed by atoms with van der Waals surface area (Å²) in [5.41, 5.74) is 1.63. The predicted octanol–water partition coefficient (Wildman–Crippen LogP) is 2.29. The molecule has 0 radical (unpaired) electrons. The number of pyridine rings is 2. The lowest BCUT2D eigenvalue weighted by atomic mass is 10.1. The molecular weight excluding hydrogens is 350 g/mol. The Bertz CT molecular complexity index is 1000. The maximum Gasteiger partial charge on any atom is 0.260 e. The molecule has 7 heteroatoms. The Morgan fingerprint density at radius 2 is 2.12 bits per heavy atom. The van der Waals surface area contributed by atoms with E-state index < -0.39 is 0 Å². The molecule has 3 aromatic rings. The topological polar surface area (TPSA) is 64.4 Å². The summed E-state index contributed by atoms with van der Waals surface area (Å²) < 4.78 is 6.97. The largest absolute Gasteiger partial charge is 0.378 e. The summed E-state index contributed by atoms with van der Waals surface area (Å²) in [6.45, 7) is 4.54. The molecule has 26 heavy (non-hydrogen) atoms. The predicted molar refractivity (Wildman–Crippen MR) is 101 cm³/mol. The molecule has 0 aromatic carbocycles. The summed E-state index contributed by atoms with van der Waals surface area (Å²) in [5, 5.41) is 2.47. The minimum Gasteiger partial charge on any atom is -0.378 e. The van der Waals surface area contributed by atoms with Crippen LogP contribution in [0.15, 0.2) is 40.6 Å². The van der Waals surface area contributed by atoms with E-state index in [2.05, 4.69) is 4.98 Å². The Labute approximate surface area is 154 Å². The average Bonchev–Trinajstić information content (AvgIpc) is 3.17. The van der Waals surface area contributed by atoms with Crippen LogP contribution in [-0.4, -0.2) is 46.7 Å². The van der Waals surface area contributed by atoms with Gasteiger partial charge in [-0.25, -0.2) is 0 Å². The molecule has 1 aliphatic heterocycles. The lowest BCUT2D eigenvalue weighted by Crippen LogP contribution is -2.41. The summed E-state index contributed by atoms with van der Waals surface area (Å²) in [6, 6.07) is 7.50. The minimum absolute atomic E-state index is 0.0896. The van der Waals surface area contributed by atoms with Gasteiger partial charge >= 0.3 is 0 Å². The summed E-state index contributed by atoms with van der Waals surface area (Å²) in [6.07, 6.45) is 1.76. The van der Waals surface area contributed by atoms with Crippen molar-refractivity contribution in [3.63, 3.8) is 0 Å². The third-order valence-corrected chi connectivity index (χ3v) is 5.44. The van der Waals surface area contributed by atoms with Crippen molar-refractivity contribution in [1.82, 2.24) is 14.5 Å². The molecule has 4 heterocycles. The van der Waals surface area contributed by atoms with Crippen LogP contribution in [0, 0.1) is 6.92 Å². The van der Waals surface area contributed by atoms with Crippen LogP contribution in [-0.2, 0) is 11.3 Å². The van der Waals surface area contributed by atoms with E-state index in [4.69, 9.17) is 4.74 Å². The van der Waals surface area contributed by atoms with Crippen molar-refractivity contribution in [3.8, 4) is 0 Å². The van der Waals surface area contributed by atoms with Crippen LogP contribution < -0.4 is 5.56 Å². The zero-order chi connectivity index (χ0) is 18.1. The molecule has 0 N–H and O–H groups in total. The molecule has 134 valence electrons. The van der Waals surface area contributed by atoms with E-state index in [1.807, 2.05) is 30.5 Å². The second kappa shape index (κ2) is 7.01. The summed E-state index contributed by atoms with van der Waals surface area (Å²) in [7, 11) is 0. The molecule has 3 aromatic heterocycles. The van der Waals surface area contributed by atoms with Gasteiger partial charge in [0.15, 0.2) is 0 Å². The monoisotopic (exact) mass is 369 g/mol. The summed E-state index contributed by atoms with van der Waals surface area (Å²) in [4.78, 5) is 33.1. The number of thiophene rings is 1. The van der Waals surface area contributed by atoms with E-state index >= 15 is 0 Å². The summed E-state index contributed by atoms with van der Waals surface area (Å²) >= 11 is 1.61. The van der Waals surface area contributed by atoms with Gasteiger partial charge < -0.3 is 14.2 Å². The van der Waals surface area contributed by atoms with Crippen molar-refractivity contribution in [3.05, 3.63) is 62.3 Å². The van der Waals surface area contributed by atoms with Crippen molar-refractivity contribution in [2.45, 2.75) is 13.5 Å². The molecule has 0 bridgehead atoms. The minimum atomic E-state index is -0.126. The lowest BCUT2D eigenvalue weighted by Gasteiger charge is -2.27. The van der Waals surface area contributed by atoms with Gasteiger partial charge in [-0.05, 0) is 30.5 Å². The number of fused-ring (bicyclic) bond motifs is 1. The first kappa shape index (κ1) is 16.9. The second-order valence-electron chi connectivity index (χ2n) is 6.29. The van der Waals surface area contributed by atoms with Crippen molar-refractivity contribution in [2.75, 3.05) is 26.3 Å². The van der Waals surface area contributed by atoms with Gasteiger partial charge in [0, 0.05) is 24.2 Å². The van der Waals surface area contributed by atoms with Gasteiger partial charge in [0.25, 0.3) is 11.5 Å². The molecule has 0 unspecified atom stereocenters. The van der Waals surface area contributed by atoms with Crippen LogP contribution in [0.3, 0.4) is 0 Å². The number of rotatable bonds is 3. The normalized spacial score (nSPS) is 14.7. The van der Waals surface area contributed by atoms with Gasteiger partial charge in [-0.15, -0.1) is 11.3 Å². The van der Waals surface area contributed by atoms with Crippen molar-refractivity contribution in [2.24, 2.45) is 0 Å². The number of carbonyl (C=O) groups is 1. The molecule has 4 rings (SSSR count). The number of ether oxygens (including phenoxy) is 1. The number of nitrogens with zero attached hydrogens (tertiary/aromatic N) is 3. The average molecular weight is 369 g/mol. The number of hydrogen-bond acceptors (Lipinski definition) is 5. The Kier molecular flexibility index (Phi) is 4.57. The Morgan fingerprint density at radius 1 is 1.31 bits per heavy atom. The first-order valence-electron chi connectivity index (χ1n) is 8.53. The first-order chi connectivity index (χ1) is 12.6. The maximum absolute atomic E-state index is 12.9. The molecule has 0 atom stereocenters. The fourth-order valence-electron chi connectivity index (χ4n) is 3.15. The molecular formula is C19H19N3O3S. The van der Waals surface area contributed by atoms with Gasteiger partial charge in [-0.2, -0.15) is 0 Å². The number of aryl methyl sites for hydroxylation is 1. The highest BCUT2D eigenvalue weighted by Gasteiger charge is 2.21. The smallest absolute Gasteiger partial charge is 0.260 e. The highest BCUT2D eigenvalue weighted by atomic mass is 32.1. The number of carbonyl (C=O) groups excluding carboxylic acids is 1. The van der Waals surface area contributed by atoms with Crippen LogP contribution in [0.5, 0.6) is 0 Å². The molecule has 0 spiro atoms.